The van der Waals surface area contributed by atoms with E-state index in [0.29, 0.717) is 13.0 Å². The summed E-state index contributed by atoms with van der Waals surface area (Å²) in [4.78, 5) is 0. The first-order chi connectivity index (χ1) is 24.9. The van der Waals surface area contributed by atoms with Crippen LogP contribution in [-0.2, 0) is 42.6 Å². The second-order valence-electron chi connectivity index (χ2n) is 14.4. The molecule has 20 nitrogen and oxygen atoms in total. The monoisotopic (exact) mass is 757 g/mol. The molecule has 302 valence electrons. The summed E-state index contributed by atoms with van der Waals surface area (Å²) < 4.78 is 52.5. The van der Waals surface area contributed by atoms with Gasteiger partial charge in [0.1, 0.15) is 97.7 Å². The van der Waals surface area contributed by atoms with Crippen molar-refractivity contribution in [3.8, 4) is 0 Å². The van der Waals surface area contributed by atoms with Crippen LogP contribution in [0.5, 0.6) is 0 Å². The van der Waals surface area contributed by atoms with Crippen molar-refractivity contribution in [2.45, 2.75) is 167 Å². The smallest absolute Gasteiger partial charge is 0.198 e. The highest BCUT2D eigenvalue weighted by molar-refractivity contribution is 5.03. The summed E-state index contributed by atoms with van der Waals surface area (Å²) >= 11 is 0. The van der Waals surface area contributed by atoms with Crippen molar-refractivity contribution in [3.63, 3.8) is 0 Å². The highest BCUT2D eigenvalue weighted by Crippen LogP contribution is 2.43. The minimum atomic E-state index is -1.93. The van der Waals surface area contributed by atoms with Gasteiger partial charge in [-0.1, -0.05) is 25.7 Å². The lowest BCUT2D eigenvalue weighted by molar-refractivity contribution is -0.400. The number of fused-ring (bicyclic) bond motifs is 4. The average molecular weight is 758 g/mol. The van der Waals surface area contributed by atoms with Crippen LogP contribution in [-0.4, -0.2) is 206 Å². The quantitative estimate of drug-likeness (QED) is 0.0654. The molecule has 6 saturated heterocycles. The average Bonchev–Trinajstić information content (AvgIpc) is 3.62. The number of hydrogen-bond acceptors (Lipinski definition) is 20. The van der Waals surface area contributed by atoms with Crippen molar-refractivity contribution in [1.82, 2.24) is 0 Å². The van der Waals surface area contributed by atoms with E-state index in [9.17, 15) is 51.1 Å². The summed E-state index contributed by atoms with van der Waals surface area (Å²) in [5.74, 6) is -1.93. The van der Waals surface area contributed by atoms with E-state index in [0.717, 1.165) is 32.1 Å². The highest BCUT2D eigenvalue weighted by atomic mass is 16.8. The maximum absolute atomic E-state index is 11.4. The topological polar surface area (TPSA) is 311 Å². The van der Waals surface area contributed by atoms with Crippen molar-refractivity contribution in [3.05, 3.63) is 0 Å². The van der Waals surface area contributed by atoms with Crippen LogP contribution in [0.15, 0.2) is 0 Å². The number of unbranched alkanes of at least 4 members (excludes halogenated alkanes) is 5. The van der Waals surface area contributed by atoms with Crippen LogP contribution >= 0.6 is 0 Å². The fourth-order valence-electron chi connectivity index (χ4n) is 7.94. The van der Waals surface area contributed by atoms with E-state index in [-0.39, 0.29) is 19.6 Å². The number of ether oxygens (including phenoxy) is 9. The van der Waals surface area contributed by atoms with Gasteiger partial charge in [0.15, 0.2) is 24.7 Å². The molecule has 0 amide bonds. The summed E-state index contributed by atoms with van der Waals surface area (Å²) in [6, 6.07) is 0. The van der Waals surface area contributed by atoms with Crippen LogP contribution < -0.4 is 5.73 Å². The third-order valence-electron chi connectivity index (χ3n) is 10.9. The predicted octanol–water partition coefficient (Wildman–Crippen LogP) is -5.60. The Kier molecular flexibility index (Phi) is 13.8. The molecule has 4 bridgehead atoms. The fourth-order valence-corrected chi connectivity index (χ4v) is 7.94. The van der Waals surface area contributed by atoms with Crippen LogP contribution in [0.4, 0.5) is 0 Å². The van der Waals surface area contributed by atoms with Crippen molar-refractivity contribution in [2.24, 2.45) is 5.73 Å². The minimum Gasteiger partial charge on any atom is -0.394 e. The SMILES string of the molecule is NCCCCCCCC[C@@]1(O[C@@H]2[C@H]3OC[C@@H]2O[C@@H](O[C@@H]2[C@@H](O)[C@H](O[C@@H]4[C@H]5OC[C@@H]4O[C@@H](O)[C@H]5O)O[C@H](CO)[C@H]2O)[C@H]3O)O[C@H](CO)[C@H](O)[C@H](O)[C@H]1O. The van der Waals surface area contributed by atoms with E-state index in [2.05, 4.69) is 0 Å². The molecule has 0 aromatic rings. The first kappa shape index (κ1) is 40.9. The summed E-state index contributed by atoms with van der Waals surface area (Å²) in [5.41, 5.74) is 5.58. The minimum absolute atomic E-state index is 0.0227. The molecule has 6 heterocycles. The van der Waals surface area contributed by atoms with E-state index in [1.54, 1.807) is 0 Å². The van der Waals surface area contributed by atoms with Gasteiger partial charge >= 0.3 is 0 Å². The van der Waals surface area contributed by atoms with Crippen LogP contribution in [0, 0.1) is 0 Å². The summed E-state index contributed by atoms with van der Waals surface area (Å²) in [5, 5.41) is 106. The van der Waals surface area contributed by atoms with E-state index in [1.165, 1.54) is 0 Å². The highest BCUT2D eigenvalue weighted by Gasteiger charge is 2.61. The largest absolute Gasteiger partial charge is 0.394 e. The van der Waals surface area contributed by atoms with Gasteiger partial charge in [0.25, 0.3) is 0 Å². The van der Waals surface area contributed by atoms with Gasteiger partial charge in [0.2, 0.25) is 0 Å². The molecule has 20 atom stereocenters. The lowest BCUT2D eigenvalue weighted by atomic mass is 9.88. The van der Waals surface area contributed by atoms with Crippen molar-refractivity contribution >= 4 is 0 Å². The first-order valence-electron chi connectivity index (χ1n) is 18.2. The molecule has 20 heteroatoms. The number of nitrogens with two attached hydrogens (primary N) is 1. The zero-order valence-electron chi connectivity index (χ0n) is 28.7. The van der Waals surface area contributed by atoms with Gasteiger partial charge in [-0.3, -0.25) is 0 Å². The third-order valence-corrected chi connectivity index (χ3v) is 10.9. The molecule has 6 fully saturated rings. The van der Waals surface area contributed by atoms with Crippen LogP contribution in [0.25, 0.3) is 0 Å². The molecular weight excluding hydrogens is 702 g/mol. The third kappa shape index (κ3) is 8.04. The fraction of sp³-hybridized carbons (Fsp3) is 1.00. The molecule has 52 heavy (non-hydrogen) atoms. The van der Waals surface area contributed by atoms with E-state index in [4.69, 9.17) is 48.4 Å². The van der Waals surface area contributed by atoms with Crippen molar-refractivity contribution in [1.29, 1.82) is 0 Å². The second kappa shape index (κ2) is 17.6. The zero-order valence-corrected chi connectivity index (χ0v) is 28.7. The molecule has 0 spiro atoms. The van der Waals surface area contributed by atoms with Gasteiger partial charge < -0.3 is 99.4 Å². The molecule has 0 aromatic carbocycles. The number of hydrogen-bond donors (Lipinski definition) is 11. The van der Waals surface area contributed by atoms with Crippen molar-refractivity contribution in [2.75, 3.05) is 33.0 Å². The number of aliphatic hydroxyl groups is 10. The Morgan fingerprint density at radius 1 is 0.577 bits per heavy atom. The van der Waals surface area contributed by atoms with Gasteiger partial charge in [0.05, 0.1) is 26.4 Å². The van der Waals surface area contributed by atoms with Gasteiger partial charge in [-0.2, -0.15) is 0 Å². The molecule has 6 aliphatic rings. The lowest BCUT2D eigenvalue weighted by Crippen LogP contribution is -2.69. The van der Waals surface area contributed by atoms with Gasteiger partial charge in [0, 0.05) is 6.42 Å². The van der Waals surface area contributed by atoms with E-state index >= 15 is 0 Å². The molecule has 0 saturated carbocycles. The van der Waals surface area contributed by atoms with E-state index in [1.807, 2.05) is 0 Å². The van der Waals surface area contributed by atoms with Crippen LogP contribution in [0.3, 0.4) is 0 Å². The Bertz CT molecular complexity index is 1130. The first-order valence-corrected chi connectivity index (χ1v) is 18.2. The Morgan fingerprint density at radius 3 is 1.85 bits per heavy atom. The molecule has 0 aromatic heterocycles. The van der Waals surface area contributed by atoms with Crippen LogP contribution in [0.2, 0.25) is 0 Å². The number of rotatable bonds is 16. The zero-order chi connectivity index (χ0) is 37.3. The van der Waals surface area contributed by atoms with E-state index < -0.39 is 136 Å². The lowest BCUT2D eigenvalue weighted by Gasteiger charge is -2.51. The van der Waals surface area contributed by atoms with Gasteiger partial charge in [-0.25, -0.2) is 0 Å². The molecule has 0 aliphatic carbocycles. The maximum atomic E-state index is 11.4. The molecule has 0 unspecified atom stereocenters. The standard InChI is InChI=1S/C32H55NO19/c33-8-6-4-2-1-3-5-7-32(28(42)19(38)17(36)14(10-35)51-32)52-24-16-12-45-27(24)22(41)31(48-16)50-25-18(37)13(9-34)47-30(21(25)40)49-23-15-11-44-26(23)20(39)29(43)46-15/h13-31,34-43H,1-12,33H2/t13-,14-,15+,16+,17+,18-,19+,20+,21-,22+,23+,24+,25+,26+,27+,28-,29-,30+,31+,32+/m1/s1. The Balaban J connectivity index is 1.13. The summed E-state index contributed by atoms with van der Waals surface area (Å²) in [6.45, 7) is -0.934. The Morgan fingerprint density at radius 2 is 1.17 bits per heavy atom. The second-order valence-corrected chi connectivity index (χ2v) is 14.4. The van der Waals surface area contributed by atoms with Crippen molar-refractivity contribution < 1.29 is 93.7 Å². The van der Waals surface area contributed by atoms with Gasteiger partial charge in [-0.15, -0.1) is 0 Å². The van der Waals surface area contributed by atoms with Crippen LogP contribution in [0.1, 0.15) is 44.9 Å². The molecule has 0 radical (unpaired) electrons. The molecule has 12 N–H and O–H groups in total. The normalized spacial score (nSPS) is 50.5. The summed E-state index contributed by atoms with van der Waals surface area (Å²) in [6.07, 6.45) is -21.5. The molecule has 6 rings (SSSR count). The number of aliphatic hydroxyl groups excluding tert-OH is 10. The maximum Gasteiger partial charge on any atom is 0.198 e. The summed E-state index contributed by atoms with van der Waals surface area (Å²) in [7, 11) is 0. The van der Waals surface area contributed by atoms with Gasteiger partial charge in [-0.05, 0) is 19.4 Å². The predicted molar refractivity (Wildman–Crippen MR) is 167 cm³/mol. The molecular formula is C32H55NO19. The Labute approximate surface area is 299 Å². The molecule has 6 aliphatic heterocycles. The Hall–Kier alpha value is -0.800.